The molecular formula is C9H11N3S. The van der Waals surface area contributed by atoms with Gasteiger partial charge in [-0.1, -0.05) is 13.2 Å². The molecule has 0 amide bonds. The van der Waals surface area contributed by atoms with Crippen LogP contribution in [0.15, 0.2) is 25.6 Å². The number of nitrogens with zero attached hydrogens (tertiary/aromatic N) is 2. The minimum atomic E-state index is 0.606. The first-order valence-corrected chi connectivity index (χ1v) is 4.17. The van der Waals surface area contributed by atoms with Gasteiger partial charge in [-0.2, -0.15) is 0 Å². The molecule has 0 aliphatic rings. The molecule has 1 aromatic rings. The Morgan fingerprint density at radius 1 is 1.31 bits per heavy atom. The van der Waals surface area contributed by atoms with E-state index < -0.39 is 0 Å². The van der Waals surface area contributed by atoms with Gasteiger partial charge >= 0.3 is 0 Å². The second-order valence-electron chi connectivity index (χ2n) is 2.46. The molecule has 68 valence electrons. The molecule has 0 fully saturated rings. The van der Waals surface area contributed by atoms with E-state index in [1.165, 1.54) is 0 Å². The van der Waals surface area contributed by atoms with Crippen molar-refractivity contribution in [1.29, 1.82) is 0 Å². The molecule has 1 heterocycles. The number of hydrogen-bond donors (Lipinski definition) is 2. The highest BCUT2D eigenvalue weighted by molar-refractivity contribution is 7.90. The largest absolute Gasteiger partial charge is 0.387 e. The van der Waals surface area contributed by atoms with E-state index in [0.717, 1.165) is 11.4 Å². The third-order valence-corrected chi connectivity index (χ3v) is 1.79. The lowest BCUT2D eigenvalue weighted by molar-refractivity contribution is 1.07. The van der Waals surface area contributed by atoms with Crippen LogP contribution in [0.3, 0.4) is 0 Å². The maximum atomic E-state index is 4.14. The molecule has 0 saturated heterocycles. The SMILES string of the molecule is C=C(S)c1cnc(C(=C)NC)cn1. The first kappa shape index (κ1) is 9.80. The predicted molar refractivity (Wildman–Crippen MR) is 58.1 cm³/mol. The van der Waals surface area contributed by atoms with Gasteiger partial charge in [-0.3, -0.25) is 9.97 Å². The van der Waals surface area contributed by atoms with E-state index in [2.05, 4.69) is 41.1 Å². The maximum absolute atomic E-state index is 4.14. The van der Waals surface area contributed by atoms with E-state index >= 15 is 0 Å². The molecule has 0 saturated carbocycles. The van der Waals surface area contributed by atoms with E-state index in [1.807, 2.05) is 0 Å². The lowest BCUT2D eigenvalue weighted by Gasteiger charge is -2.03. The molecule has 0 unspecified atom stereocenters. The van der Waals surface area contributed by atoms with Crippen molar-refractivity contribution in [2.75, 3.05) is 7.05 Å². The summed E-state index contributed by atoms with van der Waals surface area (Å²) in [7, 11) is 1.79. The fourth-order valence-electron chi connectivity index (χ4n) is 0.761. The van der Waals surface area contributed by atoms with Crippen LogP contribution < -0.4 is 5.32 Å². The smallest absolute Gasteiger partial charge is 0.104 e. The summed E-state index contributed by atoms with van der Waals surface area (Å²) >= 11 is 4.06. The number of thiol groups is 1. The van der Waals surface area contributed by atoms with E-state index in [-0.39, 0.29) is 0 Å². The van der Waals surface area contributed by atoms with Crippen LogP contribution in [-0.4, -0.2) is 17.0 Å². The Hall–Kier alpha value is -1.29. The number of aromatic nitrogens is 2. The summed E-state index contributed by atoms with van der Waals surface area (Å²) in [5, 5.41) is 2.89. The van der Waals surface area contributed by atoms with Crippen LogP contribution in [0.5, 0.6) is 0 Å². The van der Waals surface area contributed by atoms with Crippen molar-refractivity contribution in [3.8, 4) is 0 Å². The third-order valence-electron chi connectivity index (χ3n) is 1.56. The quantitative estimate of drug-likeness (QED) is 0.715. The predicted octanol–water partition coefficient (Wildman–Crippen LogP) is 1.57. The minimum absolute atomic E-state index is 0.606. The summed E-state index contributed by atoms with van der Waals surface area (Å²) in [5.74, 6) is 0. The Morgan fingerprint density at radius 3 is 2.23 bits per heavy atom. The Morgan fingerprint density at radius 2 is 1.85 bits per heavy atom. The summed E-state index contributed by atoms with van der Waals surface area (Å²) in [6, 6.07) is 0. The molecule has 4 heteroatoms. The molecular weight excluding hydrogens is 182 g/mol. The van der Waals surface area contributed by atoms with E-state index in [9.17, 15) is 0 Å². The molecule has 0 spiro atoms. The molecule has 0 aliphatic carbocycles. The minimum Gasteiger partial charge on any atom is -0.387 e. The van der Waals surface area contributed by atoms with Gasteiger partial charge in [0.25, 0.3) is 0 Å². The van der Waals surface area contributed by atoms with Gasteiger partial charge in [-0.15, -0.1) is 12.6 Å². The van der Waals surface area contributed by atoms with Gasteiger partial charge in [0.05, 0.1) is 23.8 Å². The number of hydrogen-bond acceptors (Lipinski definition) is 4. The van der Waals surface area contributed by atoms with E-state index in [4.69, 9.17) is 0 Å². The summed E-state index contributed by atoms with van der Waals surface area (Å²) < 4.78 is 0. The molecule has 1 N–H and O–H groups in total. The maximum Gasteiger partial charge on any atom is 0.104 e. The van der Waals surface area contributed by atoms with Crippen LogP contribution in [-0.2, 0) is 0 Å². The number of rotatable bonds is 3. The zero-order chi connectivity index (χ0) is 9.84. The normalized spacial score (nSPS) is 9.38. The fourth-order valence-corrected chi connectivity index (χ4v) is 0.876. The first-order valence-electron chi connectivity index (χ1n) is 3.72. The van der Waals surface area contributed by atoms with Crippen LogP contribution in [0, 0.1) is 0 Å². The van der Waals surface area contributed by atoms with Crippen LogP contribution in [0.4, 0.5) is 0 Å². The van der Waals surface area contributed by atoms with Crippen molar-refractivity contribution in [3.05, 3.63) is 36.9 Å². The molecule has 13 heavy (non-hydrogen) atoms. The highest BCUT2D eigenvalue weighted by atomic mass is 32.1. The van der Waals surface area contributed by atoms with Gasteiger partial charge < -0.3 is 5.32 Å². The van der Waals surface area contributed by atoms with Crippen LogP contribution in [0.2, 0.25) is 0 Å². The molecule has 0 aliphatic heterocycles. The van der Waals surface area contributed by atoms with Crippen LogP contribution in [0.25, 0.3) is 10.6 Å². The zero-order valence-corrected chi connectivity index (χ0v) is 8.30. The van der Waals surface area contributed by atoms with Gasteiger partial charge in [-0.25, -0.2) is 0 Å². The number of nitrogens with one attached hydrogen (secondary N) is 1. The average Bonchev–Trinajstić information content (AvgIpc) is 2.17. The topological polar surface area (TPSA) is 37.8 Å². The highest BCUT2D eigenvalue weighted by Gasteiger charge is 2.00. The van der Waals surface area contributed by atoms with Gasteiger partial charge in [0.2, 0.25) is 0 Å². The van der Waals surface area contributed by atoms with Gasteiger partial charge in [-0.05, 0) is 0 Å². The van der Waals surface area contributed by atoms with Crippen molar-refractivity contribution < 1.29 is 0 Å². The molecule has 1 aromatic heterocycles. The molecule has 1 rings (SSSR count). The Bertz CT molecular complexity index is 329. The summed E-state index contributed by atoms with van der Waals surface area (Å²) in [4.78, 5) is 8.85. The van der Waals surface area contributed by atoms with Gasteiger partial charge in [0.1, 0.15) is 5.69 Å². The summed E-state index contributed by atoms with van der Waals surface area (Å²) in [5.41, 5.74) is 2.14. The Labute approximate surface area is 83.0 Å². The summed E-state index contributed by atoms with van der Waals surface area (Å²) in [6.07, 6.45) is 3.25. The molecule has 0 bridgehead atoms. The van der Waals surface area contributed by atoms with Crippen molar-refractivity contribution >= 4 is 23.2 Å². The zero-order valence-electron chi connectivity index (χ0n) is 7.41. The lowest BCUT2D eigenvalue weighted by atomic mass is 10.3. The molecule has 0 radical (unpaired) electrons. The van der Waals surface area contributed by atoms with Gasteiger partial charge in [0.15, 0.2) is 0 Å². The van der Waals surface area contributed by atoms with Crippen molar-refractivity contribution in [3.63, 3.8) is 0 Å². The molecule has 0 aromatic carbocycles. The fraction of sp³-hybridized carbons (Fsp3) is 0.111. The van der Waals surface area contributed by atoms with Crippen molar-refractivity contribution in [1.82, 2.24) is 15.3 Å². The first-order chi connectivity index (χ1) is 6.15. The monoisotopic (exact) mass is 193 g/mol. The molecule has 3 nitrogen and oxygen atoms in total. The van der Waals surface area contributed by atoms with Crippen LogP contribution >= 0.6 is 12.6 Å². The standard InChI is InChI=1S/C9H11N3S/c1-6(10-3)8-4-12-9(5-11-8)7(2)13/h4-5,10,13H,1-2H2,3H3. The Kier molecular flexibility index (Phi) is 3.08. The molecule has 0 atom stereocenters. The second kappa shape index (κ2) is 4.09. The Balaban J connectivity index is 2.93. The van der Waals surface area contributed by atoms with Crippen molar-refractivity contribution in [2.24, 2.45) is 0 Å². The second-order valence-corrected chi connectivity index (χ2v) is 3.00. The van der Waals surface area contributed by atoms with Crippen LogP contribution in [0.1, 0.15) is 11.4 Å². The van der Waals surface area contributed by atoms with Crippen molar-refractivity contribution in [2.45, 2.75) is 0 Å². The third kappa shape index (κ3) is 2.32. The van der Waals surface area contributed by atoms with E-state index in [1.54, 1.807) is 19.4 Å². The lowest BCUT2D eigenvalue weighted by Crippen LogP contribution is -2.05. The highest BCUT2D eigenvalue weighted by Crippen LogP contribution is 2.12. The van der Waals surface area contributed by atoms with Gasteiger partial charge in [0, 0.05) is 12.0 Å². The average molecular weight is 193 g/mol. The van der Waals surface area contributed by atoms with E-state index in [0.29, 0.717) is 10.6 Å². The summed E-state index contributed by atoms with van der Waals surface area (Å²) in [6.45, 7) is 7.41.